The summed E-state index contributed by atoms with van der Waals surface area (Å²) in [6.45, 7) is 3.02. The molecule has 0 aromatic carbocycles. The lowest BCUT2D eigenvalue weighted by molar-refractivity contribution is -0.155. The van der Waals surface area contributed by atoms with Crippen molar-refractivity contribution in [1.82, 2.24) is 0 Å². The maximum Gasteiger partial charge on any atom is 0.308 e. The average molecular weight is 188 g/mol. The van der Waals surface area contributed by atoms with Crippen LogP contribution in [0.3, 0.4) is 0 Å². The van der Waals surface area contributed by atoms with E-state index in [0.717, 1.165) is 6.42 Å². The summed E-state index contributed by atoms with van der Waals surface area (Å²) >= 11 is 0. The van der Waals surface area contributed by atoms with Gasteiger partial charge in [-0.25, -0.2) is 0 Å². The molecule has 1 N–H and O–H groups in total. The molecule has 0 spiro atoms. The zero-order valence-corrected chi connectivity index (χ0v) is 7.91. The van der Waals surface area contributed by atoms with Crippen molar-refractivity contribution < 1.29 is 19.4 Å². The molecule has 0 aromatic rings. The minimum absolute atomic E-state index is 0.0425. The molecule has 1 unspecified atom stereocenters. The number of carbonyl (C=O) groups excluding carboxylic acids is 1. The molecular weight excluding hydrogens is 172 g/mol. The Morgan fingerprint density at radius 2 is 2.46 bits per heavy atom. The van der Waals surface area contributed by atoms with Crippen molar-refractivity contribution in [2.45, 2.75) is 31.8 Å². The Morgan fingerprint density at radius 1 is 1.69 bits per heavy atom. The summed E-state index contributed by atoms with van der Waals surface area (Å²) in [6, 6.07) is 0. The van der Waals surface area contributed by atoms with Crippen LogP contribution in [0.25, 0.3) is 0 Å². The molecule has 1 aliphatic heterocycles. The smallest absolute Gasteiger partial charge is 0.308 e. The molecule has 0 radical (unpaired) electrons. The second kappa shape index (κ2) is 4.58. The lowest BCUT2D eigenvalue weighted by atomic mass is 9.93. The molecule has 0 aromatic heterocycles. The third kappa shape index (κ3) is 3.32. The normalized spacial score (nSPS) is 28.5. The van der Waals surface area contributed by atoms with Gasteiger partial charge in [-0.2, -0.15) is 0 Å². The number of carbonyl (C=O) groups is 1. The number of ether oxygens (including phenoxy) is 2. The van der Waals surface area contributed by atoms with Crippen molar-refractivity contribution in [3.63, 3.8) is 0 Å². The van der Waals surface area contributed by atoms with Crippen molar-refractivity contribution in [3.8, 4) is 0 Å². The summed E-state index contributed by atoms with van der Waals surface area (Å²) < 4.78 is 9.86. The van der Waals surface area contributed by atoms with Crippen molar-refractivity contribution in [2.75, 3.05) is 19.8 Å². The molecule has 76 valence electrons. The Balaban J connectivity index is 2.36. The molecule has 1 rings (SSSR count). The first-order valence-corrected chi connectivity index (χ1v) is 4.62. The molecule has 0 aliphatic carbocycles. The fraction of sp³-hybridized carbons (Fsp3) is 0.889. The molecule has 4 nitrogen and oxygen atoms in total. The third-order valence-electron chi connectivity index (χ3n) is 2.08. The Bertz CT molecular complexity index is 172. The second-order valence-electron chi connectivity index (χ2n) is 3.36. The molecule has 1 saturated heterocycles. The van der Waals surface area contributed by atoms with E-state index in [9.17, 15) is 9.90 Å². The van der Waals surface area contributed by atoms with Crippen molar-refractivity contribution in [2.24, 2.45) is 0 Å². The van der Waals surface area contributed by atoms with E-state index in [1.54, 1.807) is 6.92 Å². The largest absolute Gasteiger partial charge is 0.466 e. The number of rotatable bonds is 3. The summed E-state index contributed by atoms with van der Waals surface area (Å²) in [6.07, 6.45) is 1.46. The summed E-state index contributed by atoms with van der Waals surface area (Å²) in [5.41, 5.74) is -0.996. The van der Waals surface area contributed by atoms with Crippen LogP contribution in [0.4, 0.5) is 0 Å². The SMILES string of the molecule is CCOC(=O)CC1(O)CCCOC1. The maximum atomic E-state index is 11.1. The van der Waals surface area contributed by atoms with Crippen molar-refractivity contribution >= 4 is 5.97 Å². The zero-order valence-electron chi connectivity index (χ0n) is 7.91. The number of hydrogen-bond acceptors (Lipinski definition) is 4. The molecule has 0 bridgehead atoms. The van der Waals surface area contributed by atoms with Gasteiger partial charge in [0.25, 0.3) is 0 Å². The van der Waals surface area contributed by atoms with Gasteiger partial charge < -0.3 is 14.6 Å². The predicted octanol–water partition coefficient (Wildman–Crippen LogP) is 0.481. The van der Waals surface area contributed by atoms with Gasteiger partial charge in [-0.05, 0) is 19.8 Å². The molecule has 1 fully saturated rings. The number of hydrogen-bond donors (Lipinski definition) is 1. The van der Waals surface area contributed by atoms with Crippen LogP contribution in [-0.2, 0) is 14.3 Å². The van der Waals surface area contributed by atoms with E-state index in [2.05, 4.69) is 0 Å². The fourth-order valence-electron chi connectivity index (χ4n) is 1.46. The first-order chi connectivity index (χ1) is 6.16. The summed E-state index contributed by atoms with van der Waals surface area (Å²) in [7, 11) is 0. The van der Waals surface area contributed by atoms with Gasteiger partial charge in [-0.15, -0.1) is 0 Å². The summed E-state index contributed by atoms with van der Waals surface area (Å²) in [5.74, 6) is -0.351. The van der Waals surface area contributed by atoms with E-state index < -0.39 is 5.60 Å². The zero-order chi connectivity index (χ0) is 9.73. The van der Waals surface area contributed by atoms with E-state index in [1.165, 1.54) is 0 Å². The van der Waals surface area contributed by atoms with Gasteiger partial charge in [0.1, 0.15) is 0 Å². The van der Waals surface area contributed by atoms with Gasteiger partial charge in [0.2, 0.25) is 0 Å². The Labute approximate surface area is 77.8 Å². The quantitative estimate of drug-likeness (QED) is 0.654. The highest BCUT2D eigenvalue weighted by Gasteiger charge is 2.33. The van der Waals surface area contributed by atoms with Crippen LogP contribution < -0.4 is 0 Å². The standard InChI is InChI=1S/C9H16O4/c1-2-13-8(10)6-9(11)4-3-5-12-7-9/h11H,2-7H2,1H3. The van der Waals surface area contributed by atoms with Crippen LogP contribution in [0.15, 0.2) is 0 Å². The Morgan fingerprint density at radius 3 is 3.00 bits per heavy atom. The molecule has 0 saturated carbocycles. The van der Waals surface area contributed by atoms with E-state index in [4.69, 9.17) is 9.47 Å². The molecule has 1 aliphatic rings. The molecule has 0 amide bonds. The number of esters is 1. The first kappa shape index (κ1) is 10.5. The molecule has 1 heterocycles. The van der Waals surface area contributed by atoms with Gasteiger partial charge >= 0.3 is 5.97 Å². The van der Waals surface area contributed by atoms with E-state index in [0.29, 0.717) is 19.6 Å². The minimum atomic E-state index is -0.996. The van der Waals surface area contributed by atoms with Gasteiger partial charge in [-0.3, -0.25) is 4.79 Å². The van der Waals surface area contributed by atoms with Gasteiger partial charge in [-0.1, -0.05) is 0 Å². The summed E-state index contributed by atoms with van der Waals surface area (Å²) in [4.78, 5) is 11.1. The van der Waals surface area contributed by atoms with Gasteiger partial charge in [0, 0.05) is 6.61 Å². The average Bonchev–Trinajstić information content (AvgIpc) is 2.04. The predicted molar refractivity (Wildman–Crippen MR) is 46.3 cm³/mol. The van der Waals surface area contributed by atoms with Crippen LogP contribution in [0.5, 0.6) is 0 Å². The van der Waals surface area contributed by atoms with Crippen LogP contribution in [-0.4, -0.2) is 36.5 Å². The monoisotopic (exact) mass is 188 g/mol. The van der Waals surface area contributed by atoms with Crippen LogP contribution in [0.1, 0.15) is 26.2 Å². The van der Waals surface area contributed by atoms with Gasteiger partial charge in [0.15, 0.2) is 0 Å². The second-order valence-corrected chi connectivity index (χ2v) is 3.36. The van der Waals surface area contributed by atoms with Crippen LogP contribution >= 0.6 is 0 Å². The molecule has 1 atom stereocenters. The molecule has 4 heteroatoms. The molecule has 13 heavy (non-hydrogen) atoms. The molecular formula is C9H16O4. The Hall–Kier alpha value is -0.610. The highest BCUT2D eigenvalue weighted by Crippen LogP contribution is 2.22. The highest BCUT2D eigenvalue weighted by molar-refractivity contribution is 5.70. The van der Waals surface area contributed by atoms with Gasteiger partial charge in [0.05, 0.1) is 25.2 Å². The van der Waals surface area contributed by atoms with E-state index in [1.807, 2.05) is 0 Å². The number of aliphatic hydroxyl groups is 1. The fourth-order valence-corrected chi connectivity index (χ4v) is 1.46. The third-order valence-corrected chi connectivity index (χ3v) is 2.08. The topological polar surface area (TPSA) is 55.8 Å². The Kier molecular flexibility index (Phi) is 3.69. The highest BCUT2D eigenvalue weighted by atomic mass is 16.5. The lowest BCUT2D eigenvalue weighted by Gasteiger charge is -2.30. The first-order valence-electron chi connectivity index (χ1n) is 4.62. The summed E-state index contributed by atoms with van der Waals surface area (Å²) in [5, 5.41) is 9.84. The van der Waals surface area contributed by atoms with E-state index in [-0.39, 0.29) is 19.0 Å². The van der Waals surface area contributed by atoms with Crippen LogP contribution in [0.2, 0.25) is 0 Å². The maximum absolute atomic E-state index is 11.1. The van der Waals surface area contributed by atoms with E-state index >= 15 is 0 Å². The lowest BCUT2D eigenvalue weighted by Crippen LogP contribution is -2.40. The van der Waals surface area contributed by atoms with Crippen LogP contribution in [0, 0.1) is 0 Å². The van der Waals surface area contributed by atoms with Crippen molar-refractivity contribution in [3.05, 3.63) is 0 Å². The van der Waals surface area contributed by atoms with Crippen molar-refractivity contribution in [1.29, 1.82) is 0 Å². The minimum Gasteiger partial charge on any atom is -0.466 e.